The van der Waals surface area contributed by atoms with E-state index in [-0.39, 0.29) is 42.5 Å². The minimum Gasteiger partial charge on any atom is -0.493 e. The van der Waals surface area contributed by atoms with Gasteiger partial charge in [0.05, 0.1) is 33.1 Å². The van der Waals surface area contributed by atoms with E-state index >= 15 is 0 Å². The van der Waals surface area contributed by atoms with Crippen LogP contribution in [-0.2, 0) is 17.8 Å². The van der Waals surface area contributed by atoms with Crippen LogP contribution in [0.5, 0.6) is 17.2 Å². The smallest absolute Gasteiger partial charge is 0.220 e. The normalized spacial score (nSPS) is 10.6. The number of hydrogen-bond donors (Lipinski definition) is 1. The van der Waals surface area contributed by atoms with E-state index in [1.807, 2.05) is 0 Å². The summed E-state index contributed by atoms with van der Waals surface area (Å²) in [6, 6.07) is 7.02. The molecule has 1 amide bonds. The number of nitrogens with zero attached hydrogens (tertiary/aromatic N) is 1. The molecule has 9 heteroatoms. The number of oxazole rings is 1. The highest BCUT2D eigenvalue weighted by Gasteiger charge is 2.17. The summed E-state index contributed by atoms with van der Waals surface area (Å²) >= 11 is 0. The van der Waals surface area contributed by atoms with Gasteiger partial charge in [0, 0.05) is 19.4 Å². The maximum atomic E-state index is 13.9. The minimum absolute atomic E-state index is 0.0246. The van der Waals surface area contributed by atoms with Gasteiger partial charge in [0.25, 0.3) is 0 Å². The molecule has 0 fully saturated rings. The van der Waals surface area contributed by atoms with Gasteiger partial charge in [0.1, 0.15) is 11.6 Å². The van der Waals surface area contributed by atoms with E-state index in [9.17, 15) is 13.6 Å². The molecule has 0 spiro atoms. The van der Waals surface area contributed by atoms with Gasteiger partial charge in [-0.2, -0.15) is 0 Å². The van der Waals surface area contributed by atoms with Gasteiger partial charge in [-0.3, -0.25) is 4.79 Å². The lowest BCUT2D eigenvalue weighted by molar-refractivity contribution is -0.121. The van der Waals surface area contributed by atoms with E-state index in [4.69, 9.17) is 18.6 Å². The summed E-state index contributed by atoms with van der Waals surface area (Å²) in [5, 5.41) is 2.79. The number of halogens is 2. The fourth-order valence-corrected chi connectivity index (χ4v) is 3.02. The lowest BCUT2D eigenvalue weighted by Gasteiger charge is -2.14. The number of hydrogen-bond acceptors (Lipinski definition) is 6. The molecule has 0 saturated carbocycles. The van der Waals surface area contributed by atoms with Crippen molar-refractivity contribution in [3.8, 4) is 28.6 Å². The van der Waals surface area contributed by atoms with Crippen LogP contribution < -0.4 is 19.5 Å². The number of benzene rings is 2. The molecule has 2 aromatic carbocycles. The minimum atomic E-state index is -0.745. The van der Waals surface area contributed by atoms with Crippen LogP contribution >= 0.6 is 0 Å². The van der Waals surface area contributed by atoms with Crippen molar-refractivity contribution in [1.29, 1.82) is 0 Å². The molecule has 3 aromatic rings. The molecule has 0 atom stereocenters. The third kappa shape index (κ3) is 5.11. The zero-order chi connectivity index (χ0) is 22.4. The molecule has 1 N–H and O–H groups in total. The summed E-state index contributed by atoms with van der Waals surface area (Å²) in [6.07, 6.45) is 1.51. The highest BCUT2D eigenvalue weighted by molar-refractivity contribution is 5.76. The molecular formula is C22H22F2N2O5. The highest BCUT2D eigenvalue weighted by Crippen LogP contribution is 2.38. The molecule has 0 aliphatic carbocycles. The lowest BCUT2D eigenvalue weighted by Crippen LogP contribution is -2.23. The van der Waals surface area contributed by atoms with Crippen LogP contribution in [0.2, 0.25) is 0 Å². The van der Waals surface area contributed by atoms with Crippen molar-refractivity contribution >= 4 is 5.91 Å². The van der Waals surface area contributed by atoms with Crippen LogP contribution in [0.1, 0.15) is 17.9 Å². The lowest BCUT2D eigenvalue weighted by atomic mass is 10.1. The zero-order valence-corrected chi connectivity index (χ0v) is 17.3. The fourth-order valence-electron chi connectivity index (χ4n) is 3.02. The Kier molecular flexibility index (Phi) is 7.07. The first kappa shape index (κ1) is 22.1. The fraction of sp³-hybridized carbons (Fsp3) is 0.273. The number of ether oxygens (including phenoxy) is 3. The molecule has 1 heterocycles. The number of nitrogens with one attached hydrogen (secondary N) is 1. The molecule has 164 valence electrons. The van der Waals surface area contributed by atoms with Crippen molar-refractivity contribution < 1.29 is 32.2 Å². The van der Waals surface area contributed by atoms with Crippen molar-refractivity contribution in [1.82, 2.24) is 10.3 Å². The summed E-state index contributed by atoms with van der Waals surface area (Å²) in [5.74, 6) is -0.116. The van der Waals surface area contributed by atoms with Crippen LogP contribution in [0, 0.1) is 11.6 Å². The number of methoxy groups -OCH3 is 3. The third-order valence-electron chi connectivity index (χ3n) is 4.54. The van der Waals surface area contributed by atoms with E-state index < -0.39 is 11.6 Å². The highest BCUT2D eigenvalue weighted by atomic mass is 19.1. The summed E-state index contributed by atoms with van der Waals surface area (Å²) in [5.41, 5.74) is 0.476. The topological polar surface area (TPSA) is 82.8 Å². The second-order valence-electron chi connectivity index (χ2n) is 6.53. The van der Waals surface area contributed by atoms with Crippen molar-refractivity contribution in [3.63, 3.8) is 0 Å². The van der Waals surface area contributed by atoms with Crippen LogP contribution in [0.3, 0.4) is 0 Å². The molecule has 7 nitrogen and oxygen atoms in total. The number of aryl methyl sites for hydroxylation is 1. The summed E-state index contributed by atoms with van der Waals surface area (Å²) in [4.78, 5) is 16.2. The SMILES string of the molecule is COc1cc(CNC(=O)CCc2ncc(-c3c(F)cccc3F)o2)cc(OC)c1OC. The molecule has 0 unspecified atom stereocenters. The first-order valence-corrected chi connectivity index (χ1v) is 9.41. The Morgan fingerprint density at radius 3 is 2.29 bits per heavy atom. The van der Waals surface area contributed by atoms with Gasteiger partial charge >= 0.3 is 0 Å². The first-order chi connectivity index (χ1) is 15.0. The second-order valence-corrected chi connectivity index (χ2v) is 6.53. The van der Waals surface area contributed by atoms with Crippen LogP contribution in [-0.4, -0.2) is 32.2 Å². The van der Waals surface area contributed by atoms with Crippen LogP contribution in [0.15, 0.2) is 40.9 Å². The largest absolute Gasteiger partial charge is 0.493 e. The molecule has 0 radical (unpaired) electrons. The summed E-state index contributed by atoms with van der Waals surface area (Å²) in [6.45, 7) is 0.243. The van der Waals surface area contributed by atoms with Gasteiger partial charge in [-0.1, -0.05) is 6.07 Å². The Bertz CT molecular complexity index is 1020. The van der Waals surface area contributed by atoms with E-state index in [2.05, 4.69) is 10.3 Å². The van der Waals surface area contributed by atoms with E-state index in [1.165, 1.54) is 33.6 Å². The number of carbonyl (C=O) groups excluding carboxylic acids is 1. The van der Waals surface area contributed by atoms with Crippen LogP contribution in [0.25, 0.3) is 11.3 Å². The molecule has 0 saturated heterocycles. The van der Waals surface area contributed by atoms with E-state index in [0.717, 1.165) is 17.7 Å². The van der Waals surface area contributed by atoms with E-state index in [1.54, 1.807) is 12.1 Å². The van der Waals surface area contributed by atoms with E-state index in [0.29, 0.717) is 17.2 Å². The zero-order valence-electron chi connectivity index (χ0n) is 17.3. The van der Waals surface area contributed by atoms with Crippen molar-refractivity contribution in [2.24, 2.45) is 0 Å². The maximum absolute atomic E-state index is 13.9. The number of rotatable bonds is 9. The monoisotopic (exact) mass is 432 g/mol. The van der Waals surface area contributed by atoms with Crippen LogP contribution in [0.4, 0.5) is 8.78 Å². The Morgan fingerprint density at radius 1 is 1.06 bits per heavy atom. The summed E-state index contributed by atoms with van der Waals surface area (Å²) < 4.78 is 49.0. The first-order valence-electron chi connectivity index (χ1n) is 9.41. The van der Waals surface area contributed by atoms with Gasteiger partial charge < -0.3 is 23.9 Å². The standard InChI is InChI=1S/C22H22F2N2O5/c1-28-16-9-13(10-17(29-2)22(16)30-3)11-25-19(27)7-8-20-26-12-18(31-20)21-14(23)5-4-6-15(21)24/h4-6,9-10,12H,7-8,11H2,1-3H3,(H,25,27). The average Bonchev–Trinajstić information content (AvgIpc) is 3.23. The van der Waals surface area contributed by atoms with Gasteiger partial charge in [-0.15, -0.1) is 0 Å². The van der Waals surface area contributed by atoms with Crippen molar-refractivity contribution in [2.75, 3.05) is 21.3 Å². The molecule has 1 aromatic heterocycles. The Hall–Kier alpha value is -3.62. The number of aromatic nitrogens is 1. The molecule has 0 aliphatic rings. The molecule has 0 bridgehead atoms. The Labute approximate surface area is 177 Å². The third-order valence-corrected chi connectivity index (χ3v) is 4.54. The Morgan fingerprint density at radius 2 is 1.71 bits per heavy atom. The molecular weight excluding hydrogens is 410 g/mol. The van der Waals surface area contributed by atoms with Gasteiger partial charge in [0.15, 0.2) is 23.1 Å². The molecule has 3 rings (SSSR count). The predicted octanol–water partition coefficient (Wildman–Crippen LogP) is 3.89. The van der Waals surface area contributed by atoms with Crippen molar-refractivity contribution in [2.45, 2.75) is 19.4 Å². The predicted molar refractivity (Wildman–Crippen MR) is 108 cm³/mol. The second kappa shape index (κ2) is 9.92. The van der Waals surface area contributed by atoms with Gasteiger partial charge in [-0.05, 0) is 29.8 Å². The van der Waals surface area contributed by atoms with Crippen molar-refractivity contribution in [3.05, 3.63) is 59.6 Å². The Balaban J connectivity index is 1.59. The van der Waals surface area contributed by atoms with Gasteiger partial charge in [-0.25, -0.2) is 13.8 Å². The number of amides is 1. The quantitative estimate of drug-likeness (QED) is 0.552. The average molecular weight is 432 g/mol. The molecule has 0 aliphatic heterocycles. The maximum Gasteiger partial charge on any atom is 0.220 e. The van der Waals surface area contributed by atoms with Gasteiger partial charge in [0.2, 0.25) is 11.7 Å². The summed E-state index contributed by atoms with van der Waals surface area (Å²) in [7, 11) is 4.53. The molecule has 31 heavy (non-hydrogen) atoms. The number of carbonyl (C=O) groups is 1.